The number of hydrogen-bond donors (Lipinski definition) is 2. The Morgan fingerprint density at radius 2 is 1.46 bits per heavy atom. The molecule has 1 heterocycles. The van der Waals surface area contributed by atoms with Gasteiger partial charge in [-0.2, -0.15) is 0 Å². The SMILES string of the molecule is O=C(N[C@H](Cn1ccccc1=O)c1ccccc1)[C@H](O)c1ccccc1. The van der Waals surface area contributed by atoms with Gasteiger partial charge in [-0.15, -0.1) is 0 Å². The number of nitrogens with one attached hydrogen (secondary N) is 1. The van der Waals surface area contributed by atoms with Crippen LogP contribution in [0.4, 0.5) is 0 Å². The van der Waals surface area contributed by atoms with Crippen LogP contribution in [0.25, 0.3) is 0 Å². The van der Waals surface area contributed by atoms with E-state index in [-0.39, 0.29) is 12.1 Å². The lowest BCUT2D eigenvalue weighted by atomic mass is 10.0. The highest BCUT2D eigenvalue weighted by atomic mass is 16.3. The fraction of sp³-hybridized carbons (Fsp3) is 0.143. The summed E-state index contributed by atoms with van der Waals surface area (Å²) in [5.74, 6) is -0.506. The van der Waals surface area contributed by atoms with Crippen LogP contribution in [0.1, 0.15) is 23.3 Å². The van der Waals surface area contributed by atoms with E-state index in [1.54, 1.807) is 42.6 Å². The first kappa shape index (κ1) is 17.6. The molecule has 0 unspecified atom stereocenters. The zero-order chi connectivity index (χ0) is 18.4. The van der Waals surface area contributed by atoms with E-state index in [4.69, 9.17) is 0 Å². The maximum absolute atomic E-state index is 12.6. The Hall–Kier alpha value is -3.18. The monoisotopic (exact) mass is 348 g/mol. The molecular weight excluding hydrogens is 328 g/mol. The lowest BCUT2D eigenvalue weighted by Crippen LogP contribution is -2.36. The summed E-state index contributed by atoms with van der Waals surface area (Å²) >= 11 is 0. The molecule has 0 bridgehead atoms. The minimum atomic E-state index is -1.27. The van der Waals surface area contributed by atoms with Gasteiger partial charge in [-0.05, 0) is 17.2 Å². The smallest absolute Gasteiger partial charge is 0.254 e. The van der Waals surface area contributed by atoms with E-state index in [9.17, 15) is 14.7 Å². The highest BCUT2D eigenvalue weighted by Gasteiger charge is 2.22. The van der Waals surface area contributed by atoms with Crippen molar-refractivity contribution >= 4 is 5.91 Å². The van der Waals surface area contributed by atoms with Crippen LogP contribution >= 0.6 is 0 Å². The first-order valence-corrected chi connectivity index (χ1v) is 8.39. The molecular formula is C21H20N2O3. The highest BCUT2D eigenvalue weighted by molar-refractivity contribution is 5.82. The van der Waals surface area contributed by atoms with Gasteiger partial charge in [0.2, 0.25) is 0 Å². The average molecular weight is 348 g/mol. The Kier molecular flexibility index (Phi) is 5.61. The summed E-state index contributed by atoms with van der Waals surface area (Å²) in [5, 5.41) is 13.2. The molecule has 0 saturated heterocycles. The van der Waals surface area contributed by atoms with Gasteiger partial charge >= 0.3 is 0 Å². The van der Waals surface area contributed by atoms with Gasteiger partial charge in [0.05, 0.1) is 12.6 Å². The molecule has 2 atom stereocenters. The number of benzene rings is 2. The van der Waals surface area contributed by atoms with E-state index >= 15 is 0 Å². The van der Waals surface area contributed by atoms with Gasteiger partial charge in [0.1, 0.15) is 0 Å². The summed E-state index contributed by atoms with van der Waals surface area (Å²) in [6.45, 7) is 0.275. The predicted octanol–water partition coefficient (Wildman–Crippen LogP) is 2.44. The molecule has 5 nitrogen and oxygen atoms in total. The van der Waals surface area contributed by atoms with E-state index in [1.165, 1.54) is 10.6 Å². The van der Waals surface area contributed by atoms with Crippen LogP contribution in [-0.4, -0.2) is 15.6 Å². The number of hydrogen-bond acceptors (Lipinski definition) is 3. The lowest BCUT2D eigenvalue weighted by Gasteiger charge is -2.22. The summed E-state index contributed by atoms with van der Waals surface area (Å²) in [6, 6.07) is 22.6. The number of carbonyl (C=O) groups excluding carboxylic acids is 1. The molecule has 0 aliphatic heterocycles. The van der Waals surface area contributed by atoms with Gasteiger partial charge in [0.15, 0.2) is 6.10 Å². The van der Waals surface area contributed by atoms with Crippen molar-refractivity contribution in [3.05, 3.63) is 107 Å². The predicted molar refractivity (Wildman–Crippen MR) is 99.4 cm³/mol. The van der Waals surface area contributed by atoms with Crippen LogP contribution in [0.2, 0.25) is 0 Å². The zero-order valence-corrected chi connectivity index (χ0v) is 14.2. The van der Waals surface area contributed by atoms with Crippen molar-refractivity contribution in [2.24, 2.45) is 0 Å². The van der Waals surface area contributed by atoms with Crippen molar-refractivity contribution < 1.29 is 9.90 Å². The maximum atomic E-state index is 12.6. The Labute approximate surface area is 151 Å². The van der Waals surface area contributed by atoms with Crippen LogP contribution in [0, 0.1) is 0 Å². The van der Waals surface area contributed by atoms with Gasteiger partial charge < -0.3 is 15.0 Å². The topological polar surface area (TPSA) is 71.3 Å². The minimum absolute atomic E-state index is 0.147. The standard InChI is InChI=1S/C21H20N2O3/c24-19-13-7-8-14-23(19)15-18(16-9-3-1-4-10-16)22-21(26)20(25)17-11-5-2-6-12-17/h1-14,18,20,25H,15H2,(H,22,26)/t18-,20-/m1/s1. The second kappa shape index (κ2) is 8.27. The summed E-state index contributed by atoms with van der Waals surface area (Å²) in [7, 11) is 0. The van der Waals surface area contributed by atoms with E-state index in [0.29, 0.717) is 5.56 Å². The number of rotatable bonds is 6. The molecule has 0 spiro atoms. The van der Waals surface area contributed by atoms with Crippen LogP contribution in [0.3, 0.4) is 0 Å². The number of aliphatic hydroxyl groups is 1. The number of pyridine rings is 1. The second-order valence-corrected chi connectivity index (χ2v) is 5.98. The van der Waals surface area contributed by atoms with Crippen LogP contribution in [-0.2, 0) is 11.3 Å². The van der Waals surface area contributed by atoms with Crippen molar-refractivity contribution in [1.82, 2.24) is 9.88 Å². The van der Waals surface area contributed by atoms with Crippen molar-refractivity contribution in [2.45, 2.75) is 18.7 Å². The molecule has 0 aliphatic rings. The highest BCUT2D eigenvalue weighted by Crippen LogP contribution is 2.18. The van der Waals surface area contributed by atoms with E-state index in [2.05, 4.69) is 5.32 Å². The van der Waals surface area contributed by atoms with Gasteiger partial charge in [0.25, 0.3) is 11.5 Å². The summed E-state index contributed by atoms with van der Waals surface area (Å²) < 4.78 is 1.53. The Morgan fingerprint density at radius 3 is 2.08 bits per heavy atom. The fourth-order valence-corrected chi connectivity index (χ4v) is 2.77. The number of nitrogens with zero attached hydrogens (tertiary/aromatic N) is 1. The molecule has 132 valence electrons. The van der Waals surface area contributed by atoms with Crippen molar-refractivity contribution in [3.8, 4) is 0 Å². The lowest BCUT2D eigenvalue weighted by molar-refractivity contribution is -0.130. The quantitative estimate of drug-likeness (QED) is 0.719. The summed E-state index contributed by atoms with van der Waals surface area (Å²) in [6.07, 6.45) is 0.410. The molecule has 3 aromatic rings. The van der Waals surface area contributed by atoms with Gasteiger partial charge in [-0.3, -0.25) is 9.59 Å². The third-order valence-corrected chi connectivity index (χ3v) is 4.16. The molecule has 2 N–H and O–H groups in total. The van der Waals surface area contributed by atoms with E-state index in [0.717, 1.165) is 5.56 Å². The van der Waals surface area contributed by atoms with Crippen molar-refractivity contribution in [3.63, 3.8) is 0 Å². The normalized spacial score (nSPS) is 13.0. The van der Waals surface area contributed by atoms with Gasteiger partial charge in [-0.1, -0.05) is 66.7 Å². The molecule has 0 fully saturated rings. The Morgan fingerprint density at radius 1 is 0.885 bits per heavy atom. The minimum Gasteiger partial charge on any atom is -0.378 e. The van der Waals surface area contributed by atoms with E-state index in [1.807, 2.05) is 36.4 Å². The molecule has 3 rings (SSSR count). The second-order valence-electron chi connectivity index (χ2n) is 5.98. The number of aromatic nitrogens is 1. The number of carbonyl (C=O) groups is 1. The largest absolute Gasteiger partial charge is 0.378 e. The Balaban J connectivity index is 1.83. The van der Waals surface area contributed by atoms with Gasteiger partial charge in [-0.25, -0.2) is 0 Å². The fourth-order valence-electron chi connectivity index (χ4n) is 2.77. The molecule has 0 radical (unpaired) electrons. The molecule has 5 heteroatoms. The van der Waals surface area contributed by atoms with Crippen LogP contribution in [0.5, 0.6) is 0 Å². The molecule has 2 aromatic carbocycles. The molecule has 26 heavy (non-hydrogen) atoms. The molecule has 1 aromatic heterocycles. The number of amides is 1. The first-order chi connectivity index (χ1) is 12.6. The zero-order valence-electron chi connectivity index (χ0n) is 14.2. The molecule has 0 aliphatic carbocycles. The van der Waals surface area contributed by atoms with Crippen molar-refractivity contribution in [2.75, 3.05) is 0 Å². The number of aliphatic hydroxyl groups excluding tert-OH is 1. The third kappa shape index (κ3) is 4.26. The first-order valence-electron chi connectivity index (χ1n) is 8.39. The summed E-state index contributed by atoms with van der Waals surface area (Å²) in [5.41, 5.74) is 1.23. The summed E-state index contributed by atoms with van der Waals surface area (Å²) in [4.78, 5) is 24.6. The molecule has 1 amide bonds. The maximum Gasteiger partial charge on any atom is 0.254 e. The average Bonchev–Trinajstić information content (AvgIpc) is 2.69. The Bertz CT molecular complexity index is 907. The van der Waals surface area contributed by atoms with E-state index < -0.39 is 18.1 Å². The third-order valence-electron chi connectivity index (χ3n) is 4.16. The van der Waals surface area contributed by atoms with Gasteiger partial charge in [0, 0.05) is 12.3 Å². The molecule has 0 saturated carbocycles. The van der Waals surface area contributed by atoms with Crippen LogP contribution in [0.15, 0.2) is 89.9 Å². The van der Waals surface area contributed by atoms with Crippen molar-refractivity contribution in [1.29, 1.82) is 0 Å². The van der Waals surface area contributed by atoms with Crippen LogP contribution < -0.4 is 10.9 Å².